The van der Waals surface area contributed by atoms with Crippen molar-refractivity contribution < 1.29 is 0 Å². The van der Waals surface area contributed by atoms with Crippen LogP contribution in [0.5, 0.6) is 0 Å². The number of hydrogen-bond acceptors (Lipinski definition) is 4. The Morgan fingerprint density at radius 3 is 2.55 bits per heavy atom. The standard InChI is InChI=1S/C14H20IN5/c1-6-16-14-11(15)12(8(2)3)17-13(18-14)10-7-20(5)19-9(10)4/h7-8H,6H2,1-5H3,(H,16,17,18). The second kappa shape index (κ2) is 6.07. The van der Waals surface area contributed by atoms with E-state index in [1.807, 2.05) is 20.2 Å². The van der Waals surface area contributed by atoms with Crippen molar-refractivity contribution in [1.82, 2.24) is 19.7 Å². The van der Waals surface area contributed by atoms with E-state index in [0.29, 0.717) is 5.92 Å². The largest absolute Gasteiger partial charge is 0.369 e. The molecule has 0 fully saturated rings. The van der Waals surface area contributed by atoms with E-state index in [0.717, 1.165) is 38.7 Å². The summed E-state index contributed by atoms with van der Waals surface area (Å²) in [6, 6.07) is 0. The zero-order valence-corrected chi connectivity index (χ0v) is 14.7. The lowest BCUT2D eigenvalue weighted by atomic mass is 10.1. The second-order valence-corrected chi connectivity index (χ2v) is 6.16. The first-order chi connectivity index (χ1) is 9.43. The monoisotopic (exact) mass is 385 g/mol. The molecule has 5 nitrogen and oxygen atoms in total. The highest BCUT2D eigenvalue weighted by atomic mass is 127. The van der Waals surface area contributed by atoms with Crippen LogP contribution in [-0.2, 0) is 7.05 Å². The van der Waals surface area contributed by atoms with Gasteiger partial charge in [-0.25, -0.2) is 9.97 Å². The molecule has 2 aromatic heterocycles. The minimum atomic E-state index is 0.359. The van der Waals surface area contributed by atoms with Crippen molar-refractivity contribution in [1.29, 1.82) is 0 Å². The SMILES string of the molecule is CCNc1nc(-c2cn(C)nc2C)nc(C(C)C)c1I. The first-order valence-electron chi connectivity index (χ1n) is 6.76. The highest BCUT2D eigenvalue weighted by Crippen LogP contribution is 2.29. The molecule has 0 unspecified atom stereocenters. The summed E-state index contributed by atoms with van der Waals surface area (Å²) in [5.41, 5.74) is 3.02. The van der Waals surface area contributed by atoms with Gasteiger partial charge in [-0.15, -0.1) is 0 Å². The summed E-state index contributed by atoms with van der Waals surface area (Å²) < 4.78 is 2.90. The van der Waals surface area contributed by atoms with Gasteiger partial charge in [-0.1, -0.05) is 13.8 Å². The summed E-state index contributed by atoms with van der Waals surface area (Å²) in [6.45, 7) is 9.21. The number of halogens is 1. The molecule has 0 spiro atoms. The second-order valence-electron chi connectivity index (χ2n) is 5.08. The molecule has 108 valence electrons. The summed E-state index contributed by atoms with van der Waals surface area (Å²) in [5.74, 6) is 2.01. The first kappa shape index (κ1) is 15.2. The number of aromatic nitrogens is 4. The van der Waals surface area contributed by atoms with Crippen LogP contribution in [0.1, 0.15) is 38.1 Å². The van der Waals surface area contributed by atoms with Gasteiger partial charge in [-0.2, -0.15) is 5.10 Å². The third-order valence-corrected chi connectivity index (χ3v) is 4.09. The third-order valence-electron chi connectivity index (χ3n) is 3.02. The lowest BCUT2D eigenvalue weighted by Gasteiger charge is -2.14. The minimum absolute atomic E-state index is 0.359. The molecule has 1 N–H and O–H groups in total. The lowest BCUT2D eigenvalue weighted by molar-refractivity contribution is 0.756. The molecule has 2 heterocycles. The van der Waals surface area contributed by atoms with E-state index in [1.165, 1.54) is 0 Å². The smallest absolute Gasteiger partial charge is 0.165 e. The maximum absolute atomic E-state index is 4.75. The zero-order valence-electron chi connectivity index (χ0n) is 12.5. The van der Waals surface area contributed by atoms with Crippen LogP contribution in [-0.4, -0.2) is 26.3 Å². The summed E-state index contributed by atoms with van der Waals surface area (Å²) >= 11 is 2.32. The Labute approximate surface area is 133 Å². The summed E-state index contributed by atoms with van der Waals surface area (Å²) in [4.78, 5) is 9.41. The van der Waals surface area contributed by atoms with Gasteiger partial charge in [0.15, 0.2) is 5.82 Å². The van der Waals surface area contributed by atoms with Gasteiger partial charge in [0, 0.05) is 19.8 Å². The quantitative estimate of drug-likeness (QED) is 0.821. The molecule has 0 atom stereocenters. The number of aryl methyl sites for hydroxylation is 2. The predicted octanol–water partition coefficient (Wildman–Crippen LogP) is 3.35. The Morgan fingerprint density at radius 1 is 1.35 bits per heavy atom. The lowest BCUT2D eigenvalue weighted by Crippen LogP contribution is -2.09. The van der Waals surface area contributed by atoms with E-state index in [1.54, 1.807) is 4.68 Å². The van der Waals surface area contributed by atoms with Crippen LogP contribution in [0.25, 0.3) is 11.4 Å². The number of hydrogen-bond donors (Lipinski definition) is 1. The van der Waals surface area contributed by atoms with Gasteiger partial charge in [-0.3, -0.25) is 4.68 Å². The molecule has 0 aliphatic carbocycles. The molecular weight excluding hydrogens is 365 g/mol. The van der Waals surface area contributed by atoms with Crippen molar-refractivity contribution in [3.63, 3.8) is 0 Å². The molecule has 20 heavy (non-hydrogen) atoms. The van der Waals surface area contributed by atoms with Crippen molar-refractivity contribution in [2.24, 2.45) is 7.05 Å². The minimum Gasteiger partial charge on any atom is -0.369 e. The Kier molecular flexibility index (Phi) is 4.62. The fraction of sp³-hybridized carbons (Fsp3) is 0.500. The van der Waals surface area contributed by atoms with E-state index in [4.69, 9.17) is 4.98 Å². The van der Waals surface area contributed by atoms with Gasteiger partial charge in [0.05, 0.1) is 20.5 Å². The van der Waals surface area contributed by atoms with Crippen LogP contribution in [0.4, 0.5) is 5.82 Å². The molecule has 0 aliphatic rings. The molecule has 6 heteroatoms. The number of rotatable bonds is 4. The Hall–Kier alpha value is -1.18. The molecule has 0 amide bonds. The normalized spacial score (nSPS) is 11.2. The zero-order chi connectivity index (χ0) is 14.9. The maximum Gasteiger partial charge on any atom is 0.165 e. The van der Waals surface area contributed by atoms with Crippen molar-refractivity contribution in [3.05, 3.63) is 21.2 Å². The van der Waals surface area contributed by atoms with Gasteiger partial charge in [-0.05, 0) is 42.4 Å². The Balaban J connectivity index is 2.61. The van der Waals surface area contributed by atoms with E-state index in [9.17, 15) is 0 Å². The highest BCUT2D eigenvalue weighted by Gasteiger charge is 2.17. The van der Waals surface area contributed by atoms with Crippen LogP contribution in [0.15, 0.2) is 6.20 Å². The fourth-order valence-electron chi connectivity index (χ4n) is 2.07. The molecule has 0 saturated carbocycles. The van der Waals surface area contributed by atoms with Crippen LogP contribution < -0.4 is 5.32 Å². The van der Waals surface area contributed by atoms with Crippen LogP contribution >= 0.6 is 22.6 Å². The predicted molar refractivity (Wildman–Crippen MR) is 89.9 cm³/mol. The van der Waals surface area contributed by atoms with E-state index >= 15 is 0 Å². The van der Waals surface area contributed by atoms with Gasteiger partial charge >= 0.3 is 0 Å². The van der Waals surface area contributed by atoms with Crippen molar-refractivity contribution >= 4 is 28.4 Å². The van der Waals surface area contributed by atoms with E-state index in [2.05, 4.69) is 58.8 Å². The Bertz CT molecular complexity index is 618. The molecule has 2 rings (SSSR count). The average molecular weight is 385 g/mol. The molecule has 0 aromatic carbocycles. The van der Waals surface area contributed by atoms with Crippen LogP contribution in [0, 0.1) is 10.5 Å². The topological polar surface area (TPSA) is 55.6 Å². The molecule has 0 radical (unpaired) electrons. The molecule has 0 aliphatic heterocycles. The van der Waals surface area contributed by atoms with Crippen LogP contribution in [0.3, 0.4) is 0 Å². The van der Waals surface area contributed by atoms with Crippen molar-refractivity contribution in [3.8, 4) is 11.4 Å². The van der Waals surface area contributed by atoms with Gasteiger partial charge in [0.2, 0.25) is 0 Å². The fourth-order valence-corrected chi connectivity index (χ4v) is 3.13. The van der Waals surface area contributed by atoms with Gasteiger partial charge < -0.3 is 5.32 Å². The summed E-state index contributed by atoms with van der Waals surface area (Å²) in [6.07, 6.45) is 1.97. The molecular formula is C14H20IN5. The van der Waals surface area contributed by atoms with Crippen LogP contribution in [0.2, 0.25) is 0 Å². The third kappa shape index (κ3) is 2.94. The first-order valence-corrected chi connectivity index (χ1v) is 7.83. The summed E-state index contributed by atoms with van der Waals surface area (Å²) in [7, 11) is 1.91. The maximum atomic E-state index is 4.75. The van der Waals surface area contributed by atoms with E-state index < -0.39 is 0 Å². The van der Waals surface area contributed by atoms with Gasteiger partial charge in [0.25, 0.3) is 0 Å². The summed E-state index contributed by atoms with van der Waals surface area (Å²) in [5, 5.41) is 7.70. The molecule has 0 saturated heterocycles. The van der Waals surface area contributed by atoms with E-state index in [-0.39, 0.29) is 0 Å². The highest BCUT2D eigenvalue weighted by molar-refractivity contribution is 14.1. The van der Waals surface area contributed by atoms with Crippen molar-refractivity contribution in [2.75, 3.05) is 11.9 Å². The molecule has 0 bridgehead atoms. The van der Waals surface area contributed by atoms with Gasteiger partial charge in [0.1, 0.15) is 5.82 Å². The number of anilines is 1. The average Bonchev–Trinajstić information content (AvgIpc) is 2.71. The van der Waals surface area contributed by atoms with Crippen molar-refractivity contribution in [2.45, 2.75) is 33.6 Å². The molecule has 2 aromatic rings. The number of nitrogens with one attached hydrogen (secondary N) is 1. The Morgan fingerprint density at radius 2 is 2.05 bits per heavy atom. The number of nitrogens with zero attached hydrogens (tertiary/aromatic N) is 4.